The number of hydrogen-bond donors (Lipinski definition) is 2. The van der Waals surface area contributed by atoms with Gasteiger partial charge in [0.1, 0.15) is 12.2 Å². The lowest BCUT2D eigenvalue weighted by Gasteiger charge is -2.29. The maximum Gasteiger partial charge on any atom is 0.237 e. The van der Waals surface area contributed by atoms with Gasteiger partial charge in [0.2, 0.25) is 5.91 Å². The topological polar surface area (TPSA) is 76.4 Å². The largest absolute Gasteiger partial charge is 0.393 e. The highest BCUT2D eigenvalue weighted by Gasteiger charge is 2.47. The van der Waals surface area contributed by atoms with Gasteiger partial charge in [0.05, 0.1) is 25.3 Å². The number of carbonyl (C=O) groups is 1. The van der Waals surface area contributed by atoms with Gasteiger partial charge >= 0.3 is 0 Å². The second-order valence-corrected chi connectivity index (χ2v) is 7.49. The molecule has 2 saturated carbocycles. The summed E-state index contributed by atoms with van der Waals surface area (Å²) in [5, 5.41) is 22.0. The van der Waals surface area contributed by atoms with Gasteiger partial charge in [-0.3, -0.25) is 4.79 Å². The number of amides is 1. The summed E-state index contributed by atoms with van der Waals surface area (Å²) in [7, 11) is 0. The SMILES string of the molecule is CC1(NCC(=O)N2C[C@@H](F)C[C@H]2C#N)C[C@H]2C[C@H](O)C[C@H]2C1. The van der Waals surface area contributed by atoms with Crippen molar-refractivity contribution in [1.29, 1.82) is 5.26 Å². The van der Waals surface area contributed by atoms with Crippen LogP contribution in [0.4, 0.5) is 4.39 Å². The number of halogens is 1. The number of nitrogens with zero attached hydrogens (tertiary/aromatic N) is 2. The van der Waals surface area contributed by atoms with E-state index in [1.165, 1.54) is 4.90 Å². The van der Waals surface area contributed by atoms with Crippen LogP contribution in [0.25, 0.3) is 0 Å². The summed E-state index contributed by atoms with van der Waals surface area (Å²) in [5.41, 5.74) is -0.0951. The van der Waals surface area contributed by atoms with Gasteiger partial charge in [-0.25, -0.2) is 4.39 Å². The van der Waals surface area contributed by atoms with E-state index in [0.29, 0.717) is 11.8 Å². The highest BCUT2D eigenvalue weighted by atomic mass is 19.1. The number of carbonyl (C=O) groups excluding carboxylic acids is 1. The van der Waals surface area contributed by atoms with Crippen LogP contribution in [0.1, 0.15) is 39.0 Å². The Labute approximate surface area is 130 Å². The van der Waals surface area contributed by atoms with Crippen LogP contribution < -0.4 is 5.32 Å². The van der Waals surface area contributed by atoms with Crippen LogP contribution in [0.3, 0.4) is 0 Å². The zero-order chi connectivity index (χ0) is 15.9. The normalized spacial score (nSPS) is 44.1. The van der Waals surface area contributed by atoms with Crippen molar-refractivity contribution in [2.24, 2.45) is 11.8 Å². The number of likely N-dealkylation sites (tertiary alicyclic amines) is 1. The van der Waals surface area contributed by atoms with Gasteiger partial charge in [0.15, 0.2) is 0 Å². The lowest BCUT2D eigenvalue weighted by Crippen LogP contribution is -2.48. The van der Waals surface area contributed by atoms with E-state index in [-0.39, 0.29) is 37.1 Å². The molecule has 1 heterocycles. The zero-order valence-corrected chi connectivity index (χ0v) is 13.0. The molecule has 1 aliphatic heterocycles. The van der Waals surface area contributed by atoms with E-state index in [9.17, 15) is 14.3 Å². The minimum absolute atomic E-state index is 0.0346. The monoisotopic (exact) mass is 309 g/mol. The molecule has 1 amide bonds. The van der Waals surface area contributed by atoms with Gasteiger partial charge in [0, 0.05) is 12.0 Å². The predicted octanol–water partition coefficient (Wildman–Crippen LogP) is 0.978. The summed E-state index contributed by atoms with van der Waals surface area (Å²) in [5.74, 6) is 0.887. The molecule has 3 aliphatic rings. The number of nitrogens with one attached hydrogen (secondary N) is 1. The molecular formula is C16H24FN3O2. The molecule has 0 radical (unpaired) electrons. The molecule has 0 aromatic rings. The Morgan fingerprint density at radius 2 is 2.05 bits per heavy atom. The molecule has 2 aliphatic carbocycles. The minimum Gasteiger partial charge on any atom is -0.393 e. The van der Waals surface area contributed by atoms with Crippen molar-refractivity contribution in [2.45, 2.75) is 62.9 Å². The molecule has 2 N–H and O–H groups in total. The quantitative estimate of drug-likeness (QED) is 0.815. The van der Waals surface area contributed by atoms with Crippen molar-refractivity contribution in [3.8, 4) is 6.07 Å². The Bertz CT molecular complexity index is 478. The lowest BCUT2D eigenvalue weighted by molar-refractivity contribution is -0.130. The van der Waals surface area contributed by atoms with E-state index in [2.05, 4.69) is 12.2 Å². The predicted molar refractivity (Wildman–Crippen MR) is 78.5 cm³/mol. The number of rotatable bonds is 3. The molecule has 6 atom stereocenters. The van der Waals surface area contributed by atoms with Gasteiger partial charge in [0.25, 0.3) is 0 Å². The Balaban J connectivity index is 1.53. The van der Waals surface area contributed by atoms with Crippen molar-refractivity contribution >= 4 is 5.91 Å². The third-order valence-corrected chi connectivity index (χ3v) is 5.63. The second-order valence-electron chi connectivity index (χ2n) is 7.49. The van der Waals surface area contributed by atoms with Crippen LogP contribution in [0.15, 0.2) is 0 Å². The Morgan fingerprint density at radius 1 is 1.41 bits per heavy atom. The molecule has 122 valence electrons. The smallest absolute Gasteiger partial charge is 0.237 e. The molecule has 0 aromatic heterocycles. The molecule has 0 spiro atoms. The molecule has 0 aromatic carbocycles. The summed E-state index contributed by atoms with van der Waals surface area (Å²) < 4.78 is 13.4. The Kier molecular flexibility index (Phi) is 4.13. The van der Waals surface area contributed by atoms with E-state index in [0.717, 1.165) is 25.7 Å². The first-order valence-corrected chi connectivity index (χ1v) is 8.16. The fraction of sp³-hybridized carbons (Fsp3) is 0.875. The van der Waals surface area contributed by atoms with E-state index >= 15 is 0 Å². The highest BCUT2D eigenvalue weighted by Crippen LogP contribution is 2.48. The molecule has 3 rings (SSSR count). The molecule has 5 nitrogen and oxygen atoms in total. The van der Waals surface area contributed by atoms with Gasteiger partial charge in [-0.1, -0.05) is 0 Å². The molecule has 0 bridgehead atoms. The molecule has 22 heavy (non-hydrogen) atoms. The van der Waals surface area contributed by atoms with Gasteiger partial charge < -0.3 is 15.3 Å². The highest BCUT2D eigenvalue weighted by molar-refractivity contribution is 5.79. The van der Waals surface area contributed by atoms with Crippen molar-refractivity contribution in [1.82, 2.24) is 10.2 Å². The Morgan fingerprint density at radius 3 is 2.64 bits per heavy atom. The second kappa shape index (κ2) is 5.78. The van der Waals surface area contributed by atoms with Crippen molar-refractivity contribution in [3.05, 3.63) is 0 Å². The first-order valence-electron chi connectivity index (χ1n) is 8.16. The van der Waals surface area contributed by atoms with Crippen LogP contribution in [0.5, 0.6) is 0 Å². The van der Waals surface area contributed by atoms with E-state index < -0.39 is 12.2 Å². The zero-order valence-electron chi connectivity index (χ0n) is 13.0. The summed E-state index contributed by atoms with van der Waals surface area (Å²) in [6, 6.07) is 1.38. The summed E-state index contributed by atoms with van der Waals surface area (Å²) >= 11 is 0. The van der Waals surface area contributed by atoms with Gasteiger partial charge in [-0.05, 0) is 44.4 Å². The van der Waals surface area contributed by atoms with Crippen molar-refractivity contribution in [3.63, 3.8) is 0 Å². The summed E-state index contributed by atoms with van der Waals surface area (Å²) in [4.78, 5) is 13.6. The van der Waals surface area contributed by atoms with E-state index in [1.54, 1.807) is 0 Å². The first-order chi connectivity index (χ1) is 10.4. The van der Waals surface area contributed by atoms with Crippen molar-refractivity contribution < 1.29 is 14.3 Å². The lowest BCUT2D eigenvalue weighted by atomic mass is 9.96. The van der Waals surface area contributed by atoms with Crippen LogP contribution in [0, 0.1) is 23.2 Å². The maximum absolute atomic E-state index is 13.4. The Hall–Kier alpha value is -1.19. The average molecular weight is 309 g/mol. The third kappa shape index (κ3) is 2.97. The summed E-state index contributed by atoms with van der Waals surface area (Å²) in [6.45, 7) is 2.31. The number of hydrogen-bond acceptors (Lipinski definition) is 4. The van der Waals surface area contributed by atoms with Crippen LogP contribution in [0.2, 0.25) is 0 Å². The maximum atomic E-state index is 13.4. The van der Waals surface area contributed by atoms with Crippen LogP contribution in [-0.4, -0.2) is 52.9 Å². The minimum atomic E-state index is -1.09. The number of aliphatic hydroxyl groups excluding tert-OH is 1. The molecule has 1 unspecified atom stereocenters. The van der Waals surface area contributed by atoms with Gasteiger partial charge in [-0.15, -0.1) is 0 Å². The number of aliphatic hydroxyl groups is 1. The van der Waals surface area contributed by atoms with E-state index in [1.807, 2.05) is 6.07 Å². The van der Waals surface area contributed by atoms with E-state index in [4.69, 9.17) is 5.26 Å². The standard InChI is InChI=1S/C16H24FN3O2/c1-16(5-10-2-14(21)3-11(10)6-16)19-8-15(22)20-9-12(17)4-13(20)7-18/h10-14,19,21H,2-6,8-9H2,1H3/t10-,11+,12-,13-,14+,16?/m0/s1. The summed E-state index contributed by atoms with van der Waals surface area (Å²) in [6.07, 6.45) is 2.54. The molecule has 6 heteroatoms. The number of fused-ring (bicyclic) bond motifs is 1. The number of nitriles is 1. The fourth-order valence-electron chi connectivity index (χ4n) is 4.64. The third-order valence-electron chi connectivity index (χ3n) is 5.63. The molecule has 3 fully saturated rings. The van der Waals surface area contributed by atoms with Crippen LogP contribution >= 0.6 is 0 Å². The molecular weight excluding hydrogens is 285 g/mol. The average Bonchev–Trinajstić information content (AvgIpc) is 3.07. The van der Waals surface area contributed by atoms with Crippen LogP contribution in [-0.2, 0) is 4.79 Å². The first kappa shape index (κ1) is 15.7. The number of alkyl halides is 1. The van der Waals surface area contributed by atoms with Gasteiger partial charge in [-0.2, -0.15) is 5.26 Å². The fourth-order valence-corrected chi connectivity index (χ4v) is 4.64. The van der Waals surface area contributed by atoms with Crippen molar-refractivity contribution in [2.75, 3.05) is 13.1 Å². The molecule has 1 saturated heterocycles.